The Morgan fingerprint density at radius 1 is 1.14 bits per heavy atom. The zero-order valence-corrected chi connectivity index (χ0v) is 23.3. The molecule has 3 aromatic rings. The molecule has 0 unspecified atom stereocenters. The van der Waals surface area contributed by atoms with Crippen LogP contribution in [-0.2, 0) is 38.7 Å². The Morgan fingerprint density at radius 3 is 2.39 bits per heavy atom. The average Bonchev–Trinajstić information content (AvgIpc) is 3.47. The molecule has 238 valence electrons. The number of aryl methyl sites for hydroxylation is 1. The number of amides is 2. The van der Waals surface area contributed by atoms with Crippen molar-refractivity contribution in [2.24, 2.45) is 0 Å². The van der Waals surface area contributed by atoms with Crippen LogP contribution in [0.5, 0.6) is 0 Å². The number of benzene rings is 1. The number of anilines is 2. The number of carboxylic acid groups (broad SMARTS) is 2. The number of aromatic amines is 1. The summed E-state index contributed by atoms with van der Waals surface area (Å²) in [6.45, 7) is 1.79. The number of alkyl carbamates (subject to hydrolysis) is 1. The first kappa shape index (κ1) is 34.8. The highest BCUT2D eigenvalue weighted by Crippen LogP contribution is 2.14. The monoisotopic (exact) mass is 625 g/mol. The maximum absolute atomic E-state index is 12.6. The van der Waals surface area contributed by atoms with Crippen LogP contribution in [0.4, 0.5) is 29.7 Å². The highest BCUT2D eigenvalue weighted by atomic mass is 19.4. The number of hydrogen-bond donors (Lipinski definition) is 6. The lowest BCUT2D eigenvalue weighted by atomic mass is 10.2. The zero-order valence-electron chi connectivity index (χ0n) is 23.3. The number of carbonyl (C=O) groups is 4. The normalized spacial score (nSPS) is 11.4. The lowest BCUT2D eigenvalue weighted by Crippen LogP contribution is -2.45. The number of alkyl halides is 3. The van der Waals surface area contributed by atoms with Crippen LogP contribution in [0, 0.1) is 0 Å². The lowest BCUT2D eigenvalue weighted by Gasteiger charge is -2.18. The van der Waals surface area contributed by atoms with E-state index in [9.17, 15) is 37.5 Å². The smallest absolute Gasteiger partial charge is 0.480 e. The molecule has 44 heavy (non-hydrogen) atoms. The number of carboxylic acids is 2. The van der Waals surface area contributed by atoms with Crippen molar-refractivity contribution in [3.8, 4) is 0 Å². The molecular formula is C26H30F3N7O8. The van der Waals surface area contributed by atoms with Crippen LogP contribution in [0.1, 0.15) is 30.9 Å². The second-order valence-corrected chi connectivity index (χ2v) is 8.86. The van der Waals surface area contributed by atoms with Crippen LogP contribution in [0.3, 0.4) is 0 Å². The molecular weight excluding hydrogens is 595 g/mol. The van der Waals surface area contributed by atoms with Crippen LogP contribution in [0.25, 0.3) is 0 Å². The molecule has 3 rings (SSSR count). The third-order valence-corrected chi connectivity index (χ3v) is 5.41. The molecule has 0 aliphatic rings. The summed E-state index contributed by atoms with van der Waals surface area (Å²) in [6, 6.07) is 7.52. The number of H-pyrrole nitrogens is 1. The molecule has 0 radical (unpaired) electrons. The second-order valence-electron chi connectivity index (χ2n) is 8.86. The van der Waals surface area contributed by atoms with Crippen LogP contribution in [0.15, 0.2) is 53.7 Å². The molecule has 2 aromatic heterocycles. The molecule has 18 heteroatoms. The number of halogens is 3. The van der Waals surface area contributed by atoms with Crippen molar-refractivity contribution < 1.29 is 47.3 Å². The Kier molecular flexibility index (Phi) is 13.3. The van der Waals surface area contributed by atoms with Gasteiger partial charge >= 0.3 is 29.9 Å². The van der Waals surface area contributed by atoms with Gasteiger partial charge in [-0.05, 0) is 12.0 Å². The van der Waals surface area contributed by atoms with Gasteiger partial charge in [0.2, 0.25) is 11.9 Å². The van der Waals surface area contributed by atoms with Gasteiger partial charge in [0.15, 0.2) is 0 Å². The summed E-state index contributed by atoms with van der Waals surface area (Å²) in [5.41, 5.74) is 0.716. The van der Waals surface area contributed by atoms with Crippen molar-refractivity contribution in [3.63, 3.8) is 0 Å². The summed E-state index contributed by atoms with van der Waals surface area (Å²) in [5.74, 6) is -3.71. The number of aromatic nitrogens is 4. The molecule has 0 aliphatic heterocycles. The molecule has 2 amide bonds. The Labute approximate surface area is 247 Å². The summed E-state index contributed by atoms with van der Waals surface area (Å²) in [6.07, 6.45) is 0.00373. The number of aliphatic carboxylic acids is 2. The van der Waals surface area contributed by atoms with E-state index in [1.54, 1.807) is 30.5 Å². The minimum absolute atomic E-state index is 0.0267. The predicted molar refractivity (Wildman–Crippen MR) is 148 cm³/mol. The van der Waals surface area contributed by atoms with Gasteiger partial charge in [-0.1, -0.05) is 43.7 Å². The van der Waals surface area contributed by atoms with Gasteiger partial charge in [-0.15, -0.1) is 0 Å². The van der Waals surface area contributed by atoms with E-state index in [0.717, 1.165) is 16.6 Å². The molecule has 1 atom stereocenters. The first-order valence-corrected chi connectivity index (χ1v) is 12.9. The largest absolute Gasteiger partial charge is 0.490 e. The first-order chi connectivity index (χ1) is 20.8. The zero-order chi connectivity index (χ0) is 32.7. The fraction of sp³-hybridized carbons (Fsp3) is 0.346. The van der Waals surface area contributed by atoms with E-state index in [0.29, 0.717) is 23.8 Å². The predicted octanol–water partition coefficient (Wildman–Crippen LogP) is 2.37. The summed E-state index contributed by atoms with van der Waals surface area (Å²) in [5, 5.41) is 24.6. The highest BCUT2D eigenvalue weighted by molar-refractivity contribution is 5.89. The number of imidazole rings is 1. The Hall–Kier alpha value is -5.42. The van der Waals surface area contributed by atoms with Crippen molar-refractivity contribution in [2.75, 3.05) is 17.2 Å². The fourth-order valence-electron chi connectivity index (χ4n) is 3.38. The summed E-state index contributed by atoms with van der Waals surface area (Å²) in [7, 11) is 0. The van der Waals surface area contributed by atoms with Crippen molar-refractivity contribution in [2.45, 2.75) is 51.6 Å². The molecule has 0 spiro atoms. The minimum Gasteiger partial charge on any atom is -0.480 e. The van der Waals surface area contributed by atoms with Crippen molar-refractivity contribution in [3.05, 3.63) is 70.5 Å². The van der Waals surface area contributed by atoms with Gasteiger partial charge in [0.1, 0.15) is 18.5 Å². The van der Waals surface area contributed by atoms with Gasteiger partial charge in [-0.25, -0.2) is 24.2 Å². The van der Waals surface area contributed by atoms with Crippen LogP contribution in [0.2, 0.25) is 0 Å². The molecule has 15 nitrogen and oxygen atoms in total. The number of carbonyl (C=O) groups excluding carboxylic acids is 2. The standard InChI is InChI=1S/C24H29N7O6.C2HF3O2/c1-2-6-17-13-31(14-18(21(33)34)28-24(36)37-15-16-7-4-3-5-8-16)23(35)30-20(17)25-10-9-19(32)29-22-26-11-12-27-22;3-2(4,5)1(6)7/h3-5,7-8,11-13,18H,2,6,9-10,14-15H2,1H3,(H,28,36)(H,33,34)(H,25,30,35)(H2,26,27,29,32);(H,6,7)/t18-;/m0./s1. The van der Waals surface area contributed by atoms with Gasteiger partial charge in [-0.3, -0.25) is 14.7 Å². The molecule has 0 saturated carbocycles. The van der Waals surface area contributed by atoms with Gasteiger partial charge < -0.3 is 30.6 Å². The topological polar surface area (TPSA) is 218 Å². The van der Waals surface area contributed by atoms with E-state index in [1.807, 2.05) is 13.0 Å². The first-order valence-electron chi connectivity index (χ1n) is 12.9. The van der Waals surface area contributed by atoms with Crippen LogP contribution in [-0.4, -0.2) is 72.4 Å². The summed E-state index contributed by atoms with van der Waals surface area (Å²) in [4.78, 5) is 68.2. The van der Waals surface area contributed by atoms with E-state index >= 15 is 0 Å². The second kappa shape index (κ2) is 16.9. The number of nitrogens with one attached hydrogen (secondary N) is 4. The summed E-state index contributed by atoms with van der Waals surface area (Å²) < 4.78 is 38.0. The number of rotatable bonds is 13. The third-order valence-electron chi connectivity index (χ3n) is 5.41. The lowest BCUT2D eigenvalue weighted by molar-refractivity contribution is -0.192. The molecule has 2 heterocycles. The molecule has 1 aromatic carbocycles. The molecule has 0 fully saturated rings. The number of ether oxygens (including phenoxy) is 1. The van der Waals surface area contributed by atoms with E-state index < -0.39 is 35.9 Å². The van der Waals surface area contributed by atoms with Crippen LogP contribution >= 0.6 is 0 Å². The van der Waals surface area contributed by atoms with Gasteiger partial charge in [0.05, 0.1) is 6.54 Å². The molecule has 6 N–H and O–H groups in total. The minimum atomic E-state index is -5.08. The number of nitrogens with zero attached hydrogens (tertiary/aromatic N) is 3. The number of hydrogen-bond acceptors (Lipinski definition) is 9. The van der Waals surface area contributed by atoms with E-state index in [-0.39, 0.29) is 32.0 Å². The van der Waals surface area contributed by atoms with Crippen molar-refractivity contribution in [1.29, 1.82) is 0 Å². The van der Waals surface area contributed by atoms with Crippen molar-refractivity contribution >= 4 is 35.7 Å². The third kappa shape index (κ3) is 12.2. The van der Waals surface area contributed by atoms with Gasteiger partial charge in [0, 0.05) is 37.1 Å². The molecule has 0 aliphatic carbocycles. The van der Waals surface area contributed by atoms with Gasteiger partial charge in [0.25, 0.3) is 0 Å². The van der Waals surface area contributed by atoms with E-state index in [4.69, 9.17) is 14.6 Å². The highest BCUT2D eigenvalue weighted by Gasteiger charge is 2.38. The molecule has 0 saturated heterocycles. The Balaban J connectivity index is 0.000000860. The van der Waals surface area contributed by atoms with E-state index in [2.05, 4.69) is 30.9 Å². The van der Waals surface area contributed by atoms with E-state index in [1.165, 1.54) is 12.4 Å². The summed E-state index contributed by atoms with van der Waals surface area (Å²) >= 11 is 0. The average molecular weight is 626 g/mol. The Bertz CT molecular complexity index is 1450. The van der Waals surface area contributed by atoms with Gasteiger partial charge in [-0.2, -0.15) is 18.2 Å². The maximum Gasteiger partial charge on any atom is 0.490 e. The Morgan fingerprint density at radius 2 is 1.82 bits per heavy atom. The van der Waals surface area contributed by atoms with Crippen molar-refractivity contribution in [1.82, 2.24) is 24.8 Å². The SMILES string of the molecule is CCCc1cn(C[C@H](NC(=O)OCc2ccccc2)C(=O)O)c(=O)nc1NCCC(=O)Nc1ncc[nH]1.O=C(O)C(F)(F)F. The fourth-order valence-corrected chi connectivity index (χ4v) is 3.38. The maximum atomic E-state index is 12.6. The quantitative estimate of drug-likeness (QED) is 0.162. The molecule has 0 bridgehead atoms. The van der Waals surface area contributed by atoms with Crippen LogP contribution < -0.4 is 21.6 Å².